The van der Waals surface area contributed by atoms with Gasteiger partial charge in [-0.05, 0) is 38.0 Å². The Balaban J connectivity index is 1.18. The summed E-state index contributed by atoms with van der Waals surface area (Å²) in [5, 5.41) is 19.5. The van der Waals surface area contributed by atoms with Crippen LogP contribution in [0.2, 0.25) is 0 Å². The van der Waals surface area contributed by atoms with E-state index in [2.05, 4.69) is 25.8 Å². The summed E-state index contributed by atoms with van der Waals surface area (Å²) in [6, 6.07) is 9.76. The molecule has 2 aliphatic rings. The summed E-state index contributed by atoms with van der Waals surface area (Å²) in [4.78, 5) is 14.1. The Hall–Kier alpha value is -3.63. The van der Waals surface area contributed by atoms with E-state index in [-0.39, 0.29) is 24.0 Å². The Bertz CT molecular complexity index is 1120. The van der Waals surface area contributed by atoms with Gasteiger partial charge < -0.3 is 15.0 Å². The van der Waals surface area contributed by atoms with Gasteiger partial charge in [0.2, 0.25) is 11.8 Å². The van der Waals surface area contributed by atoms with Gasteiger partial charge >= 0.3 is 0 Å². The first-order valence-electron chi connectivity index (χ1n) is 10.8. The molecule has 0 spiro atoms. The van der Waals surface area contributed by atoms with Gasteiger partial charge in [0, 0.05) is 30.8 Å². The first-order valence-corrected chi connectivity index (χ1v) is 10.8. The Kier molecular flexibility index (Phi) is 5.61. The molecule has 2 fully saturated rings. The average Bonchev–Trinajstić information content (AvgIpc) is 3.52. The highest BCUT2D eigenvalue weighted by Gasteiger charge is 2.36. The van der Waals surface area contributed by atoms with Crippen LogP contribution >= 0.6 is 0 Å². The van der Waals surface area contributed by atoms with Gasteiger partial charge in [-0.2, -0.15) is 0 Å². The number of benzene rings is 1. The third-order valence-electron chi connectivity index (χ3n) is 5.83. The fourth-order valence-electron chi connectivity index (χ4n) is 3.59. The highest BCUT2D eigenvalue weighted by molar-refractivity contribution is 5.82. The van der Waals surface area contributed by atoms with Gasteiger partial charge in [0.05, 0.1) is 17.3 Å². The lowest BCUT2D eigenvalue weighted by Crippen LogP contribution is -2.54. The van der Waals surface area contributed by atoms with Crippen molar-refractivity contribution in [3.8, 4) is 11.6 Å². The number of rotatable bonds is 8. The van der Waals surface area contributed by atoms with Gasteiger partial charge in [-0.25, -0.2) is 13.5 Å². The average molecular weight is 455 g/mol. The van der Waals surface area contributed by atoms with Crippen LogP contribution in [0.15, 0.2) is 36.4 Å². The summed E-state index contributed by atoms with van der Waals surface area (Å²) in [7, 11) is 0. The van der Waals surface area contributed by atoms with Crippen LogP contribution in [0.4, 0.5) is 14.6 Å². The van der Waals surface area contributed by atoms with E-state index < -0.39 is 6.43 Å². The molecule has 1 amide bonds. The Morgan fingerprint density at radius 3 is 2.52 bits per heavy atom. The highest BCUT2D eigenvalue weighted by Crippen LogP contribution is 2.26. The topological polar surface area (TPSA) is 98.1 Å². The minimum atomic E-state index is -2.53. The SMILES string of the molecule is Cc1nnn(-c2ccc(C(F)F)cc2)c1COc1ccc(N2CC(C(=O)NC3CC3)C2)nn1. The molecule has 33 heavy (non-hydrogen) atoms. The van der Waals surface area contributed by atoms with Crippen molar-refractivity contribution in [2.75, 3.05) is 18.0 Å². The second-order valence-corrected chi connectivity index (χ2v) is 8.33. The lowest BCUT2D eigenvalue weighted by molar-refractivity contribution is -0.125. The number of hydrogen-bond acceptors (Lipinski definition) is 7. The highest BCUT2D eigenvalue weighted by atomic mass is 19.3. The number of nitrogens with zero attached hydrogens (tertiary/aromatic N) is 6. The van der Waals surface area contributed by atoms with Crippen LogP contribution in [0.5, 0.6) is 5.88 Å². The lowest BCUT2D eigenvalue weighted by atomic mass is 9.99. The molecule has 1 saturated heterocycles. The summed E-state index contributed by atoms with van der Waals surface area (Å²) in [6.07, 6.45) is -0.365. The smallest absolute Gasteiger partial charge is 0.263 e. The van der Waals surface area contributed by atoms with Gasteiger partial charge in [0.25, 0.3) is 6.43 Å². The number of hydrogen-bond donors (Lipinski definition) is 1. The van der Waals surface area contributed by atoms with Crippen molar-refractivity contribution < 1.29 is 18.3 Å². The zero-order valence-electron chi connectivity index (χ0n) is 18.0. The molecule has 9 nitrogen and oxygen atoms in total. The summed E-state index contributed by atoms with van der Waals surface area (Å²) in [6.45, 7) is 3.18. The molecule has 1 N–H and O–H groups in total. The van der Waals surface area contributed by atoms with E-state index in [1.807, 2.05) is 11.0 Å². The van der Waals surface area contributed by atoms with Crippen LogP contribution < -0.4 is 15.0 Å². The van der Waals surface area contributed by atoms with Crippen molar-refractivity contribution in [1.29, 1.82) is 0 Å². The molecular weight excluding hydrogens is 432 g/mol. The molecule has 1 aliphatic carbocycles. The van der Waals surface area contributed by atoms with Crippen molar-refractivity contribution >= 4 is 11.7 Å². The first-order chi connectivity index (χ1) is 16.0. The maximum atomic E-state index is 12.8. The zero-order valence-corrected chi connectivity index (χ0v) is 18.0. The lowest BCUT2D eigenvalue weighted by Gasteiger charge is -2.38. The van der Waals surface area contributed by atoms with Crippen LogP contribution in [0.25, 0.3) is 5.69 Å². The van der Waals surface area contributed by atoms with E-state index in [9.17, 15) is 13.6 Å². The number of carbonyl (C=O) groups excluding carboxylic acids is 1. The molecule has 0 atom stereocenters. The fourth-order valence-corrected chi connectivity index (χ4v) is 3.59. The van der Waals surface area contributed by atoms with Gasteiger partial charge in [0.15, 0.2) is 5.82 Å². The van der Waals surface area contributed by atoms with Gasteiger partial charge in [0.1, 0.15) is 12.3 Å². The number of ether oxygens (including phenoxy) is 1. The van der Waals surface area contributed by atoms with E-state index in [4.69, 9.17) is 4.74 Å². The quantitative estimate of drug-likeness (QED) is 0.558. The summed E-state index contributed by atoms with van der Waals surface area (Å²) >= 11 is 0. The fraction of sp³-hybridized carbons (Fsp3) is 0.409. The Labute approximate surface area is 188 Å². The van der Waals surface area contributed by atoms with E-state index in [0.29, 0.717) is 47.9 Å². The molecule has 11 heteroatoms. The number of halogens is 2. The summed E-state index contributed by atoms with van der Waals surface area (Å²) in [5.74, 6) is 1.14. The maximum absolute atomic E-state index is 12.8. The second kappa shape index (κ2) is 8.72. The van der Waals surface area contributed by atoms with E-state index >= 15 is 0 Å². The van der Waals surface area contributed by atoms with Crippen molar-refractivity contribution in [3.63, 3.8) is 0 Å². The van der Waals surface area contributed by atoms with E-state index in [1.54, 1.807) is 29.8 Å². The molecule has 0 bridgehead atoms. The maximum Gasteiger partial charge on any atom is 0.263 e. The number of aryl methyl sites for hydroxylation is 1. The second-order valence-electron chi connectivity index (χ2n) is 8.33. The molecule has 3 heterocycles. The minimum Gasteiger partial charge on any atom is -0.470 e. The van der Waals surface area contributed by atoms with Crippen LogP contribution in [0, 0.1) is 12.8 Å². The van der Waals surface area contributed by atoms with E-state index in [1.165, 1.54) is 12.1 Å². The Morgan fingerprint density at radius 1 is 1.12 bits per heavy atom. The van der Waals surface area contributed by atoms with Crippen LogP contribution in [0.3, 0.4) is 0 Å². The first kappa shape index (κ1) is 21.2. The van der Waals surface area contributed by atoms with Crippen molar-refractivity contribution in [3.05, 3.63) is 53.3 Å². The van der Waals surface area contributed by atoms with E-state index in [0.717, 1.165) is 12.8 Å². The predicted octanol–water partition coefficient (Wildman–Crippen LogP) is 2.60. The van der Waals surface area contributed by atoms with Gasteiger partial charge in [-0.1, -0.05) is 17.3 Å². The third kappa shape index (κ3) is 4.62. The molecule has 0 unspecified atom stereocenters. The monoisotopic (exact) mass is 455 g/mol. The molecule has 5 rings (SSSR count). The van der Waals surface area contributed by atoms with Crippen molar-refractivity contribution in [2.45, 2.75) is 38.8 Å². The van der Waals surface area contributed by atoms with Crippen LogP contribution in [0.1, 0.15) is 36.2 Å². The van der Waals surface area contributed by atoms with Gasteiger partial charge in [-0.15, -0.1) is 15.3 Å². The zero-order chi connectivity index (χ0) is 22.9. The summed E-state index contributed by atoms with van der Waals surface area (Å²) in [5.41, 5.74) is 1.89. The molecule has 1 saturated carbocycles. The molecule has 3 aromatic rings. The number of amides is 1. The normalized spacial score (nSPS) is 16.1. The molecule has 0 radical (unpaired) electrons. The molecule has 1 aliphatic heterocycles. The minimum absolute atomic E-state index is 0.00570. The van der Waals surface area contributed by atoms with Crippen molar-refractivity contribution in [2.24, 2.45) is 5.92 Å². The molecule has 172 valence electrons. The van der Waals surface area contributed by atoms with Gasteiger partial charge in [-0.3, -0.25) is 4.79 Å². The third-order valence-corrected chi connectivity index (χ3v) is 5.83. The standard InChI is InChI=1S/C22H23F2N7O2/c1-13-18(31(29-26-13)17-6-2-14(3-7-17)21(23)24)12-33-20-9-8-19(27-28-20)30-10-15(11-30)22(32)25-16-4-5-16/h2-3,6-9,15-16,21H,4-5,10-12H2,1H3,(H,25,32). The van der Waals surface area contributed by atoms with Crippen LogP contribution in [-0.2, 0) is 11.4 Å². The molecule has 2 aromatic heterocycles. The summed E-state index contributed by atoms with van der Waals surface area (Å²) < 4.78 is 33.0. The number of alkyl halides is 2. The number of anilines is 1. The number of nitrogens with one attached hydrogen (secondary N) is 1. The van der Waals surface area contributed by atoms with Crippen molar-refractivity contribution in [1.82, 2.24) is 30.5 Å². The number of aromatic nitrogens is 5. The largest absolute Gasteiger partial charge is 0.470 e. The van der Waals surface area contributed by atoms with Crippen LogP contribution in [-0.4, -0.2) is 50.2 Å². The molecular formula is C22H23F2N7O2. The number of carbonyl (C=O) groups is 1. The Morgan fingerprint density at radius 2 is 1.88 bits per heavy atom. The predicted molar refractivity (Wildman–Crippen MR) is 114 cm³/mol. The molecule has 1 aromatic carbocycles.